The highest BCUT2D eigenvalue weighted by molar-refractivity contribution is 5.94. The first-order chi connectivity index (χ1) is 16.6. The number of nitrogens with zero attached hydrogens (tertiary/aromatic N) is 1. The maximum atomic E-state index is 13.1. The van der Waals surface area contributed by atoms with E-state index in [1.165, 1.54) is 0 Å². The molecule has 0 aliphatic carbocycles. The first-order valence-electron chi connectivity index (χ1n) is 12.0. The number of rotatable bonds is 11. The number of carbonyl (C=O) groups is 4. The number of alkyl carbamates (subject to hydrolysis) is 1. The average molecular weight is 492 g/mol. The SMILES string of the molecule is CCCC[C@H](NC(=O)OC(C)(C)C)C(=O)NN(CCc1ccccc1)C(=O)[C@@H]1O[C@H]1C(=O)OCC. The Morgan fingerprint density at radius 1 is 1.09 bits per heavy atom. The number of hydrazine groups is 1. The molecule has 10 nitrogen and oxygen atoms in total. The Hall–Kier alpha value is -3.14. The fraction of sp³-hybridized carbons (Fsp3) is 0.600. The largest absolute Gasteiger partial charge is 0.464 e. The molecule has 0 spiro atoms. The minimum atomic E-state index is -1.03. The van der Waals surface area contributed by atoms with Crippen molar-refractivity contribution in [2.75, 3.05) is 13.2 Å². The van der Waals surface area contributed by atoms with Gasteiger partial charge >= 0.3 is 12.1 Å². The van der Waals surface area contributed by atoms with Gasteiger partial charge in [-0.2, -0.15) is 0 Å². The second-order valence-electron chi connectivity index (χ2n) is 9.27. The Bertz CT molecular complexity index is 870. The summed E-state index contributed by atoms with van der Waals surface area (Å²) in [7, 11) is 0. The van der Waals surface area contributed by atoms with Gasteiger partial charge in [0.1, 0.15) is 11.6 Å². The van der Waals surface area contributed by atoms with Crippen LogP contribution < -0.4 is 10.7 Å². The molecule has 2 N–H and O–H groups in total. The van der Waals surface area contributed by atoms with E-state index in [0.717, 1.165) is 17.0 Å². The number of ether oxygens (including phenoxy) is 3. The van der Waals surface area contributed by atoms with Crippen molar-refractivity contribution >= 4 is 23.9 Å². The van der Waals surface area contributed by atoms with E-state index in [1.807, 2.05) is 37.3 Å². The molecule has 0 unspecified atom stereocenters. The lowest BCUT2D eigenvalue weighted by atomic mass is 10.1. The van der Waals surface area contributed by atoms with E-state index in [2.05, 4.69) is 10.7 Å². The molecular weight excluding hydrogens is 454 g/mol. The van der Waals surface area contributed by atoms with E-state index in [0.29, 0.717) is 19.3 Å². The molecule has 0 radical (unpaired) electrons. The minimum Gasteiger partial charge on any atom is -0.464 e. The molecule has 1 fully saturated rings. The Morgan fingerprint density at radius 3 is 2.37 bits per heavy atom. The third kappa shape index (κ3) is 9.56. The monoisotopic (exact) mass is 491 g/mol. The van der Waals surface area contributed by atoms with Crippen molar-refractivity contribution in [1.29, 1.82) is 0 Å². The van der Waals surface area contributed by atoms with Crippen molar-refractivity contribution in [3.63, 3.8) is 0 Å². The van der Waals surface area contributed by atoms with E-state index in [1.54, 1.807) is 27.7 Å². The second kappa shape index (κ2) is 13.1. The lowest BCUT2D eigenvalue weighted by Crippen LogP contribution is -2.56. The molecule has 0 bridgehead atoms. The van der Waals surface area contributed by atoms with E-state index in [-0.39, 0.29) is 13.2 Å². The van der Waals surface area contributed by atoms with Crippen molar-refractivity contribution in [2.24, 2.45) is 0 Å². The topological polar surface area (TPSA) is 127 Å². The fourth-order valence-electron chi connectivity index (χ4n) is 3.30. The molecular formula is C25H37N3O7. The van der Waals surface area contributed by atoms with Crippen LogP contribution in [-0.4, -0.2) is 65.9 Å². The number of benzene rings is 1. The first kappa shape index (κ1) is 28.1. The highest BCUT2D eigenvalue weighted by Crippen LogP contribution is 2.25. The van der Waals surface area contributed by atoms with Crippen molar-refractivity contribution in [3.05, 3.63) is 35.9 Å². The van der Waals surface area contributed by atoms with E-state index >= 15 is 0 Å². The smallest absolute Gasteiger partial charge is 0.408 e. The normalized spacial score (nSPS) is 17.6. The summed E-state index contributed by atoms with van der Waals surface area (Å²) >= 11 is 0. The number of esters is 1. The second-order valence-corrected chi connectivity index (χ2v) is 9.27. The third-order valence-electron chi connectivity index (χ3n) is 5.09. The predicted molar refractivity (Wildman–Crippen MR) is 128 cm³/mol. The van der Waals surface area contributed by atoms with Crippen LogP contribution in [0.5, 0.6) is 0 Å². The zero-order chi connectivity index (χ0) is 26.0. The van der Waals surface area contributed by atoms with Crippen LogP contribution in [0.1, 0.15) is 59.4 Å². The quantitative estimate of drug-likeness (QED) is 0.277. The van der Waals surface area contributed by atoms with Gasteiger partial charge in [0.05, 0.1) is 6.61 Å². The number of epoxide rings is 1. The predicted octanol–water partition coefficient (Wildman–Crippen LogP) is 2.50. The third-order valence-corrected chi connectivity index (χ3v) is 5.09. The standard InChI is InChI=1S/C25H37N3O7/c1-6-8-14-18(26-24(32)35-25(3,4)5)21(29)27-28(16-15-17-12-10-9-11-13-17)22(30)19-20(34-19)23(31)33-7-2/h9-13,18-20H,6-8,14-16H2,1-5H3,(H,26,32)(H,27,29)/t18-,19+,20+/m0/s1. The van der Waals surface area contributed by atoms with Crippen LogP contribution in [0.25, 0.3) is 0 Å². The molecule has 1 heterocycles. The van der Waals surface area contributed by atoms with Gasteiger partial charge in [0.25, 0.3) is 11.8 Å². The van der Waals surface area contributed by atoms with Gasteiger partial charge in [0.2, 0.25) is 0 Å². The van der Waals surface area contributed by atoms with Gasteiger partial charge in [-0.05, 0) is 46.1 Å². The Morgan fingerprint density at radius 2 is 1.77 bits per heavy atom. The van der Waals surface area contributed by atoms with E-state index < -0.39 is 47.7 Å². The Balaban J connectivity index is 2.12. The van der Waals surface area contributed by atoms with Gasteiger partial charge in [-0.1, -0.05) is 50.1 Å². The van der Waals surface area contributed by atoms with Crippen LogP contribution in [-0.2, 0) is 35.0 Å². The summed E-state index contributed by atoms with van der Waals surface area (Å²) in [5.41, 5.74) is 2.86. The lowest BCUT2D eigenvalue weighted by molar-refractivity contribution is -0.145. The van der Waals surface area contributed by atoms with Crippen LogP contribution in [0.2, 0.25) is 0 Å². The molecule has 0 saturated carbocycles. The highest BCUT2D eigenvalue weighted by atomic mass is 16.6. The fourth-order valence-corrected chi connectivity index (χ4v) is 3.30. The van der Waals surface area contributed by atoms with Gasteiger partial charge in [0.15, 0.2) is 12.2 Å². The van der Waals surface area contributed by atoms with Gasteiger partial charge < -0.3 is 19.5 Å². The number of carbonyl (C=O) groups excluding carboxylic acids is 4. The van der Waals surface area contributed by atoms with Crippen LogP contribution >= 0.6 is 0 Å². The van der Waals surface area contributed by atoms with Gasteiger partial charge in [-0.15, -0.1) is 0 Å². The summed E-state index contributed by atoms with van der Waals surface area (Å²) in [6.07, 6.45) is -0.414. The molecule has 1 aliphatic heterocycles. The molecule has 1 saturated heterocycles. The van der Waals surface area contributed by atoms with Crippen molar-refractivity contribution < 1.29 is 33.4 Å². The lowest BCUT2D eigenvalue weighted by Gasteiger charge is -2.27. The molecule has 3 amide bonds. The van der Waals surface area contributed by atoms with Crippen LogP contribution in [0.15, 0.2) is 30.3 Å². The number of nitrogens with one attached hydrogen (secondary N) is 2. The van der Waals surface area contributed by atoms with Crippen LogP contribution in [0, 0.1) is 0 Å². The van der Waals surface area contributed by atoms with Crippen LogP contribution in [0.3, 0.4) is 0 Å². The van der Waals surface area contributed by atoms with Crippen molar-refractivity contribution in [2.45, 2.75) is 84.2 Å². The first-order valence-corrected chi connectivity index (χ1v) is 12.0. The zero-order valence-electron chi connectivity index (χ0n) is 21.2. The molecule has 0 aromatic heterocycles. The average Bonchev–Trinajstić information content (AvgIpc) is 3.59. The number of amides is 3. The Labute approximate surface area is 206 Å². The molecule has 1 aliphatic rings. The highest BCUT2D eigenvalue weighted by Gasteiger charge is 2.53. The van der Waals surface area contributed by atoms with Gasteiger partial charge in [-0.25, -0.2) is 9.59 Å². The van der Waals surface area contributed by atoms with E-state index in [4.69, 9.17) is 14.2 Å². The molecule has 1 aromatic carbocycles. The van der Waals surface area contributed by atoms with Gasteiger partial charge in [0, 0.05) is 6.54 Å². The molecule has 10 heteroatoms. The van der Waals surface area contributed by atoms with E-state index in [9.17, 15) is 19.2 Å². The Kier molecular flexibility index (Phi) is 10.5. The van der Waals surface area contributed by atoms with Gasteiger partial charge in [-0.3, -0.25) is 20.0 Å². The summed E-state index contributed by atoms with van der Waals surface area (Å²) in [4.78, 5) is 50.5. The number of unbranched alkanes of at least 4 members (excludes halogenated alkanes) is 1. The van der Waals surface area contributed by atoms with Crippen LogP contribution in [0.4, 0.5) is 4.79 Å². The molecule has 1 aromatic rings. The molecule has 35 heavy (non-hydrogen) atoms. The summed E-state index contributed by atoms with van der Waals surface area (Å²) in [6, 6.07) is 8.56. The van der Waals surface area contributed by atoms with Crippen molar-refractivity contribution in [3.8, 4) is 0 Å². The zero-order valence-corrected chi connectivity index (χ0v) is 21.2. The summed E-state index contributed by atoms with van der Waals surface area (Å²) in [5.74, 6) is -1.73. The summed E-state index contributed by atoms with van der Waals surface area (Å²) in [5, 5.41) is 3.75. The minimum absolute atomic E-state index is 0.150. The maximum absolute atomic E-state index is 13.1. The number of hydrogen-bond acceptors (Lipinski definition) is 7. The van der Waals surface area contributed by atoms with Crippen molar-refractivity contribution in [1.82, 2.24) is 15.8 Å². The summed E-state index contributed by atoms with van der Waals surface area (Å²) < 4.78 is 15.5. The summed E-state index contributed by atoms with van der Waals surface area (Å²) in [6.45, 7) is 9.14. The molecule has 194 valence electrons. The maximum Gasteiger partial charge on any atom is 0.408 e. The molecule has 3 atom stereocenters. The number of hydrogen-bond donors (Lipinski definition) is 2. The molecule has 2 rings (SSSR count).